The van der Waals surface area contributed by atoms with Crippen LogP contribution in [0.25, 0.3) is 28.0 Å². The van der Waals surface area contributed by atoms with Crippen molar-refractivity contribution in [2.45, 2.75) is 6.54 Å². The van der Waals surface area contributed by atoms with Gasteiger partial charge in [0.05, 0.1) is 21.8 Å². The van der Waals surface area contributed by atoms with Crippen LogP contribution < -0.4 is 11.1 Å². The minimum absolute atomic E-state index is 0.168. The molecule has 0 saturated carbocycles. The number of para-hydroxylation sites is 1. The Balaban J connectivity index is 1.66. The number of hydrogen-bond acceptors (Lipinski definition) is 5. The molecule has 6 nitrogen and oxygen atoms in total. The van der Waals surface area contributed by atoms with E-state index in [-0.39, 0.29) is 29.9 Å². The fourth-order valence-electron chi connectivity index (χ4n) is 3.53. The number of nitrogen functional groups attached to an aromatic ring is 1. The van der Waals surface area contributed by atoms with Gasteiger partial charge in [-0.15, -0.1) is 5.10 Å². The maximum Gasteiger partial charge on any atom is 0.225 e. The second-order valence-corrected chi connectivity index (χ2v) is 7.70. The van der Waals surface area contributed by atoms with E-state index in [9.17, 15) is 8.78 Å². The molecule has 164 valence electrons. The molecule has 5 rings (SSSR count). The van der Waals surface area contributed by atoms with Crippen LogP contribution in [0, 0.1) is 11.6 Å². The maximum absolute atomic E-state index is 14.0. The van der Waals surface area contributed by atoms with Crippen molar-refractivity contribution in [1.29, 1.82) is 0 Å². The topological polar surface area (TPSA) is 81.7 Å². The Labute approximate surface area is 192 Å². The third-order valence-electron chi connectivity index (χ3n) is 5.16. The first-order valence-electron chi connectivity index (χ1n) is 10.1. The van der Waals surface area contributed by atoms with Gasteiger partial charge in [0.25, 0.3) is 0 Å². The summed E-state index contributed by atoms with van der Waals surface area (Å²) < 4.78 is 29.1. The number of rotatable bonds is 5. The lowest BCUT2D eigenvalue weighted by Crippen LogP contribution is -2.06. The average molecular weight is 463 g/mol. The van der Waals surface area contributed by atoms with Crippen molar-refractivity contribution >= 4 is 34.4 Å². The van der Waals surface area contributed by atoms with E-state index in [1.807, 2.05) is 6.07 Å². The van der Waals surface area contributed by atoms with E-state index < -0.39 is 0 Å². The van der Waals surface area contributed by atoms with Gasteiger partial charge < -0.3 is 11.1 Å². The first-order chi connectivity index (χ1) is 16.0. The van der Waals surface area contributed by atoms with E-state index in [0.29, 0.717) is 38.6 Å². The van der Waals surface area contributed by atoms with Crippen LogP contribution in [-0.4, -0.2) is 19.7 Å². The van der Waals surface area contributed by atoms with Crippen LogP contribution in [0.15, 0.2) is 72.8 Å². The molecular weight excluding hydrogens is 446 g/mol. The normalized spacial score (nSPS) is 11.1. The Morgan fingerprint density at radius 1 is 0.909 bits per heavy atom. The van der Waals surface area contributed by atoms with Crippen LogP contribution in [0.1, 0.15) is 5.56 Å². The second-order valence-electron chi connectivity index (χ2n) is 7.29. The van der Waals surface area contributed by atoms with Gasteiger partial charge in [-0.05, 0) is 42.5 Å². The van der Waals surface area contributed by atoms with Crippen LogP contribution >= 0.6 is 11.6 Å². The summed E-state index contributed by atoms with van der Waals surface area (Å²) in [6.45, 7) is 0.168. The van der Waals surface area contributed by atoms with Crippen LogP contribution in [0.5, 0.6) is 0 Å². The molecule has 33 heavy (non-hydrogen) atoms. The van der Waals surface area contributed by atoms with Gasteiger partial charge in [0.1, 0.15) is 17.5 Å². The van der Waals surface area contributed by atoms with E-state index in [1.165, 1.54) is 22.9 Å². The van der Waals surface area contributed by atoms with Gasteiger partial charge in [0.2, 0.25) is 5.95 Å². The van der Waals surface area contributed by atoms with E-state index in [4.69, 9.17) is 17.3 Å². The fraction of sp³-hybridized carbons (Fsp3) is 0.0417. The molecule has 0 amide bonds. The van der Waals surface area contributed by atoms with E-state index in [1.54, 1.807) is 48.5 Å². The third kappa shape index (κ3) is 3.96. The fourth-order valence-corrected chi connectivity index (χ4v) is 3.75. The predicted octanol–water partition coefficient (Wildman–Crippen LogP) is 5.61. The summed E-state index contributed by atoms with van der Waals surface area (Å²) in [6.07, 6.45) is 0. The minimum atomic E-state index is -0.373. The Morgan fingerprint density at radius 3 is 2.39 bits per heavy atom. The Kier molecular flexibility index (Phi) is 5.35. The summed E-state index contributed by atoms with van der Waals surface area (Å²) in [5.74, 6) is -0.189. The monoisotopic (exact) mass is 462 g/mol. The molecule has 0 fully saturated rings. The molecule has 0 atom stereocenters. The quantitative estimate of drug-likeness (QED) is 0.355. The van der Waals surface area contributed by atoms with E-state index in [0.717, 1.165) is 0 Å². The molecule has 9 heteroatoms. The molecule has 0 aliphatic rings. The smallest absolute Gasteiger partial charge is 0.225 e. The third-order valence-corrected chi connectivity index (χ3v) is 5.48. The van der Waals surface area contributed by atoms with Gasteiger partial charge in [-0.2, -0.15) is 4.98 Å². The molecule has 3 aromatic carbocycles. The van der Waals surface area contributed by atoms with Crippen LogP contribution in [0.3, 0.4) is 0 Å². The number of hydrogen-bond donors (Lipinski definition) is 2. The summed E-state index contributed by atoms with van der Waals surface area (Å²) in [7, 11) is 0. The SMILES string of the molecule is Nc1c2c(-c3ccc(F)cc3)nc(NCc3ccccc3F)nc2nn1-c1ccccc1Cl. The molecule has 0 unspecified atom stereocenters. The number of anilines is 2. The van der Waals surface area contributed by atoms with Gasteiger partial charge in [-0.25, -0.2) is 18.4 Å². The Hall–Kier alpha value is -4.04. The highest BCUT2D eigenvalue weighted by molar-refractivity contribution is 6.32. The standard InChI is InChI=1S/C24H17ClF2N6/c25-17-6-2-4-8-19(17)33-22(28)20-21(14-9-11-16(26)12-10-14)30-24(31-23(20)32-33)29-13-15-5-1-3-7-18(15)27/h1-12H,13,28H2,(H,29,31,32). The number of nitrogens with one attached hydrogen (secondary N) is 1. The average Bonchev–Trinajstić information content (AvgIpc) is 3.15. The second kappa shape index (κ2) is 8.48. The summed E-state index contributed by atoms with van der Waals surface area (Å²) >= 11 is 6.35. The molecule has 2 heterocycles. The maximum atomic E-state index is 14.0. The van der Waals surface area contributed by atoms with Crippen molar-refractivity contribution < 1.29 is 8.78 Å². The van der Waals surface area contributed by atoms with E-state index >= 15 is 0 Å². The molecule has 0 saturated heterocycles. The van der Waals surface area contributed by atoms with Gasteiger partial charge in [-0.1, -0.05) is 41.9 Å². The lowest BCUT2D eigenvalue weighted by atomic mass is 10.1. The molecule has 0 aliphatic carbocycles. The Bertz CT molecular complexity index is 1470. The zero-order valence-electron chi connectivity index (χ0n) is 17.1. The van der Waals surface area contributed by atoms with Gasteiger partial charge in [0, 0.05) is 17.7 Å². The number of benzene rings is 3. The van der Waals surface area contributed by atoms with Gasteiger partial charge >= 0.3 is 0 Å². The summed E-state index contributed by atoms with van der Waals surface area (Å²) in [6, 6.07) is 19.5. The molecular formula is C24H17ClF2N6. The Morgan fingerprint density at radius 2 is 1.64 bits per heavy atom. The molecule has 3 N–H and O–H groups in total. The van der Waals surface area contributed by atoms with Gasteiger partial charge in [0.15, 0.2) is 5.65 Å². The zero-order chi connectivity index (χ0) is 22.9. The lowest BCUT2D eigenvalue weighted by molar-refractivity contribution is 0.612. The highest BCUT2D eigenvalue weighted by Crippen LogP contribution is 2.34. The van der Waals surface area contributed by atoms with Crippen molar-refractivity contribution in [2.75, 3.05) is 11.1 Å². The first kappa shape index (κ1) is 20.8. The summed E-state index contributed by atoms with van der Waals surface area (Å²) in [5, 5.41) is 8.55. The first-order valence-corrected chi connectivity index (χ1v) is 10.4. The summed E-state index contributed by atoms with van der Waals surface area (Å²) in [5.41, 5.74) is 8.92. The van der Waals surface area contributed by atoms with Crippen molar-refractivity contribution in [3.05, 3.63) is 95.0 Å². The van der Waals surface area contributed by atoms with Gasteiger partial charge in [-0.3, -0.25) is 0 Å². The van der Waals surface area contributed by atoms with Crippen molar-refractivity contribution in [1.82, 2.24) is 19.7 Å². The van der Waals surface area contributed by atoms with Crippen molar-refractivity contribution in [3.63, 3.8) is 0 Å². The predicted molar refractivity (Wildman–Crippen MR) is 125 cm³/mol. The molecule has 0 spiro atoms. The number of halogens is 3. The number of fused-ring (bicyclic) bond motifs is 1. The largest absolute Gasteiger partial charge is 0.383 e. The van der Waals surface area contributed by atoms with Crippen LogP contribution in [-0.2, 0) is 6.54 Å². The van der Waals surface area contributed by atoms with Crippen LogP contribution in [0.2, 0.25) is 5.02 Å². The molecule has 5 aromatic rings. The summed E-state index contributed by atoms with van der Waals surface area (Å²) in [4.78, 5) is 9.09. The molecule has 0 radical (unpaired) electrons. The number of nitrogens with zero attached hydrogens (tertiary/aromatic N) is 4. The van der Waals surface area contributed by atoms with Crippen molar-refractivity contribution in [3.8, 4) is 16.9 Å². The molecule has 0 aliphatic heterocycles. The lowest BCUT2D eigenvalue weighted by Gasteiger charge is -2.09. The zero-order valence-corrected chi connectivity index (χ0v) is 17.9. The number of aromatic nitrogens is 4. The molecule has 0 bridgehead atoms. The minimum Gasteiger partial charge on any atom is -0.383 e. The van der Waals surface area contributed by atoms with Crippen LogP contribution in [0.4, 0.5) is 20.5 Å². The highest BCUT2D eigenvalue weighted by Gasteiger charge is 2.20. The molecule has 2 aromatic heterocycles. The number of nitrogens with two attached hydrogens (primary N) is 1. The van der Waals surface area contributed by atoms with E-state index in [2.05, 4.69) is 20.4 Å². The van der Waals surface area contributed by atoms with Crippen molar-refractivity contribution in [2.24, 2.45) is 0 Å². The highest BCUT2D eigenvalue weighted by atomic mass is 35.5.